The summed E-state index contributed by atoms with van der Waals surface area (Å²) in [6.07, 6.45) is 4.85. The summed E-state index contributed by atoms with van der Waals surface area (Å²) in [5.74, 6) is 0.696. The first-order valence-electron chi connectivity index (χ1n) is 8.79. The van der Waals surface area contributed by atoms with E-state index in [4.69, 9.17) is 0 Å². The van der Waals surface area contributed by atoms with Crippen molar-refractivity contribution in [3.8, 4) is 0 Å². The van der Waals surface area contributed by atoms with Gasteiger partial charge in [-0.15, -0.1) is 0 Å². The van der Waals surface area contributed by atoms with E-state index in [1.807, 2.05) is 0 Å². The van der Waals surface area contributed by atoms with E-state index in [9.17, 15) is 5.11 Å². The van der Waals surface area contributed by atoms with Crippen molar-refractivity contribution in [2.24, 2.45) is 5.92 Å². The van der Waals surface area contributed by atoms with Crippen molar-refractivity contribution in [2.45, 2.75) is 37.7 Å². The van der Waals surface area contributed by atoms with E-state index < -0.39 is 0 Å². The second-order valence-corrected chi connectivity index (χ2v) is 7.14. The Morgan fingerprint density at radius 3 is 2.39 bits per heavy atom. The molecule has 0 amide bonds. The average Bonchev–Trinajstić information content (AvgIpc) is 2.90. The third-order valence-electron chi connectivity index (χ3n) is 5.98. The Bertz CT molecular complexity index is 670. The molecule has 1 spiro atoms. The van der Waals surface area contributed by atoms with E-state index in [1.54, 1.807) is 11.1 Å². The molecule has 2 aliphatic rings. The molecule has 1 aliphatic carbocycles. The van der Waals surface area contributed by atoms with Crippen LogP contribution in [0.25, 0.3) is 0 Å². The second-order valence-electron chi connectivity index (χ2n) is 7.14. The lowest BCUT2D eigenvalue weighted by molar-refractivity contribution is 0.219. The van der Waals surface area contributed by atoms with Crippen LogP contribution in [0.15, 0.2) is 48.5 Å². The first-order chi connectivity index (χ1) is 11.3. The summed E-state index contributed by atoms with van der Waals surface area (Å²) in [5, 5.41) is 12.8. The van der Waals surface area contributed by atoms with Crippen LogP contribution in [-0.2, 0) is 24.9 Å². The van der Waals surface area contributed by atoms with Crippen LogP contribution in [0.1, 0.15) is 35.1 Å². The summed E-state index contributed by atoms with van der Waals surface area (Å²) in [6.45, 7) is 2.40. The molecule has 2 aromatic rings. The Labute approximate surface area is 138 Å². The summed E-state index contributed by atoms with van der Waals surface area (Å²) in [4.78, 5) is 0. The van der Waals surface area contributed by atoms with Crippen LogP contribution in [0.5, 0.6) is 0 Å². The van der Waals surface area contributed by atoms with Gasteiger partial charge in [-0.25, -0.2) is 0 Å². The number of hydrogen-bond donors (Lipinski definition) is 2. The van der Waals surface area contributed by atoms with Gasteiger partial charge in [0.15, 0.2) is 0 Å². The first-order valence-corrected chi connectivity index (χ1v) is 8.79. The van der Waals surface area contributed by atoms with E-state index in [0.29, 0.717) is 11.3 Å². The minimum absolute atomic E-state index is 0.130. The molecule has 1 heterocycles. The summed E-state index contributed by atoms with van der Waals surface area (Å²) < 4.78 is 0. The van der Waals surface area contributed by atoms with E-state index in [-0.39, 0.29) is 6.61 Å². The molecular weight excluding hydrogens is 282 g/mol. The van der Waals surface area contributed by atoms with Gasteiger partial charge >= 0.3 is 0 Å². The maximum atomic E-state index is 9.22. The standard InChI is InChI=1S/C21H25NO/c23-15-17-7-5-16(6-8-17)13-19-14-18-3-1-2-4-20(18)21(19)9-11-22-12-10-21/h1-8,19,22-23H,9-15H2. The van der Waals surface area contributed by atoms with Crippen LogP contribution in [0.4, 0.5) is 0 Å². The average molecular weight is 307 g/mol. The summed E-state index contributed by atoms with van der Waals surface area (Å²) >= 11 is 0. The molecule has 2 heteroatoms. The van der Waals surface area contributed by atoms with Crippen LogP contribution in [-0.4, -0.2) is 18.2 Å². The molecule has 1 atom stereocenters. The van der Waals surface area contributed by atoms with E-state index in [1.165, 1.54) is 24.8 Å². The number of rotatable bonds is 3. The number of benzene rings is 2. The topological polar surface area (TPSA) is 32.3 Å². The smallest absolute Gasteiger partial charge is 0.0681 e. The highest BCUT2D eigenvalue weighted by atomic mass is 16.3. The van der Waals surface area contributed by atoms with Gasteiger partial charge in [-0.2, -0.15) is 0 Å². The first kappa shape index (κ1) is 14.9. The number of nitrogens with one attached hydrogen (secondary N) is 1. The number of piperidine rings is 1. The number of aliphatic hydroxyl groups excluding tert-OH is 1. The van der Waals surface area contributed by atoms with E-state index >= 15 is 0 Å². The Morgan fingerprint density at radius 2 is 1.65 bits per heavy atom. The Balaban J connectivity index is 1.64. The van der Waals surface area contributed by atoms with E-state index in [2.05, 4.69) is 53.8 Å². The van der Waals surface area contributed by atoms with Crippen LogP contribution in [0.2, 0.25) is 0 Å². The van der Waals surface area contributed by atoms with Gasteiger partial charge in [-0.1, -0.05) is 48.5 Å². The molecule has 1 fully saturated rings. The van der Waals surface area contributed by atoms with Crippen molar-refractivity contribution in [1.29, 1.82) is 0 Å². The lowest BCUT2D eigenvalue weighted by Crippen LogP contribution is -2.43. The summed E-state index contributed by atoms with van der Waals surface area (Å²) in [7, 11) is 0. The van der Waals surface area contributed by atoms with Gasteiger partial charge in [-0.05, 0) is 66.9 Å². The van der Waals surface area contributed by atoms with Crippen molar-refractivity contribution in [3.63, 3.8) is 0 Å². The third-order valence-corrected chi connectivity index (χ3v) is 5.98. The van der Waals surface area contributed by atoms with Crippen LogP contribution < -0.4 is 5.32 Å². The molecule has 120 valence electrons. The molecule has 2 N–H and O–H groups in total. The molecule has 1 unspecified atom stereocenters. The van der Waals surface area contributed by atoms with Crippen molar-refractivity contribution in [2.75, 3.05) is 13.1 Å². The highest BCUT2D eigenvalue weighted by Gasteiger charge is 2.46. The molecule has 0 radical (unpaired) electrons. The zero-order valence-corrected chi connectivity index (χ0v) is 13.6. The van der Waals surface area contributed by atoms with Gasteiger partial charge in [0.1, 0.15) is 0 Å². The number of aliphatic hydroxyl groups is 1. The normalized spacial score (nSPS) is 22.2. The monoisotopic (exact) mass is 307 g/mol. The maximum Gasteiger partial charge on any atom is 0.0681 e. The third kappa shape index (κ3) is 2.60. The predicted octanol–water partition coefficient (Wildman–Crippen LogP) is 3.22. The molecule has 1 aliphatic heterocycles. The zero-order chi connectivity index (χ0) is 15.7. The van der Waals surface area contributed by atoms with Crippen molar-refractivity contribution < 1.29 is 5.11 Å². The highest BCUT2D eigenvalue weighted by Crippen LogP contribution is 2.50. The zero-order valence-electron chi connectivity index (χ0n) is 13.6. The van der Waals surface area contributed by atoms with Crippen molar-refractivity contribution in [3.05, 3.63) is 70.8 Å². The fraction of sp³-hybridized carbons (Fsp3) is 0.429. The molecule has 2 aromatic carbocycles. The number of fused-ring (bicyclic) bond motifs is 2. The molecule has 1 saturated heterocycles. The largest absolute Gasteiger partial charge is 0.392 e. The maximum absolute atomic E-state index is 9.22. The molecule has 0 bridgehead atoms. The highest BCUT2D eigenvalue weighted by molar-refractivity contribution is 5.42. The Kier molecular flexibility index (Phi) is 3.96. The SMILES string of the molecule is OCc1ccc(CC2Cc3ccccc3C23CCNCC3)cc1. The lowest BCUT2D eigenvalue weighted by Gasteiger charge is -2.40. The lowest BCUT2D eigenvalue weighted by atomic mass is 9.67. The minimum Gasteiger partial charge on any atom is -0.392 e. The Morgan fingerprint density at radius 1 is 0.957 bits per heavy atom. The molecule has 23 heavy (non-hydrogen) atoms. The molecule has 2 nitrogen and oxygen atoms in total. The van der Waals surface area contributed by atoms with E-state index in [0.717, 1.165) is 25.1 Å². The summed E-state index contributed by atoms with van der Waals surface area (Å²) in [5.41, 5.74) is 5.93. The predicted molar refractivity (Wildman–Crippen MR) is 93.5 cm³/mol. The van der Waals surface area contributed by atoms with Gasteiger partial charge in [0.2, 0.25) is 0 Å². The fourth-order valence-electron chi connectivity index (χ4n) is 4.75. The second kappa shape index (κ2) is 6.10. The van der Waals surface area contributed by atoms with Crippen LogP contribution >= 0.6 is 0 Å². The molecule has 0 saturated carbocycles. The van der Waals surface area contributed by atoms with Crippen LogP contribution in [0, 0.1) is 5.92 Å². The van der Waals surface area contributed by atoms with Gasteiger partial charge in [0, 0.05) is 5.41 Å². The van der Waals surface area contributed by atoms with Crippen molar-refractivity contribution >= 4 is 0 Å². The van der Waals surface area contributed by atoms with Crippen LogP contribution in [0.3, 0.4) is 0 Å². The van der Waals surface area contributed by atoms with Gasteiger partial charge in [0.05, 0.1) is 6.61 Å². The summed E-state index contributed by atoms with van der Waals surface area (Å²) in [6, 6.07) is 17.6. The molecule has 4 rings (SSSR count). The van der Waals surface area contributed by atoms with Gasteiger partial charge in [0.25, 0.3) is 0 Å². The van der Waals surface area contributed by atoms with Gasteiger partial charge < -0.3 is 10.4 Å². The van der Waals surface area contributed by atoms with Gasteiger partial charge in [-0.3, -0.25) is 0 Å². The minimum atomic E-state index is 0.130. The Hall–Kier alpha value is -1.64. The molecular formula is C21H25NO. The van der Waals surface area contributed by atoms with Crippen molar-refractivity contribution in [1.82, 2.24) is 5.32 Å². The molecule has 0 aromatic heterocycles. The number of hydrogen-bond acceptors (Lipinski definition) is 2. The fourth-order valence-corrected chi connectivity index (χ4v) is 4.75. The quantitative estimate of drug-likeness (QED) is 0.912.